The molecule has 0 aliphatic heterocycles. The predicted octanol–water partition coefficient (Wildman–Crippen LogP) is 0.655. The molecule has 2 rings (SSSR count). The number of hydrogen-bond donors (Lipinski definition) is 2. The molecular weight excluding hydrogens is 226 g/mol. The zero-order valence-electron chi connectivity index (χ0n) is 8.45. The van der Waals surface area contributed by atoms with Gasteiger partial charge in [0.25, 0.3) is 5.88 Å². The van der Waals surface area contributed by atoms with Gasteiger partial charge in [0.15, 0.2) is 0 Å². The van der Waals surface area contributed by atoms with E-state index in [-0.39, 0.29) is 17.2 Å². The quantitative estimate of drug-likeness (QED) is 0.806. The third-order valence-corrected chi connectivity index (χ3v) is 1.85. The minimum absolute atomic E-state index is 0.0325. The molecule has 0 unspecified atom stereocenters. The van der Waals surface area contributed by atoms with Gasteiger partial charge in [-0.15, -0.1) is 0 Å². The lowest BCUT2D eigenvalue weighted by atomic mass is 10.3. The van der Waals surface area contributed by atoms with Crippen LogP contribution in [0.1, 0.15) is 10.4 Å². The molecule has 17 heavy (non-hydrogen) atoms. The lowest BCUT2D eigenvalue weighted by molar-refractivity contribution is 0.0696. The Bertz CT molecular complexity index is 608. The number of nitrogens with one attached hydrogen (secondary N) is 1. The van der Waals surface area contributed by atoms with Crippen molar-refractivity contribution in [3.63, 3.8) is 0 Å². The molecule has 0 fully saturated rings. The first-order valence-electron chi connectivity index (χ1n) is 4.57. The van der Waals surface area contributed by atoms with E-state index in [1.165, 1.54) is 30.9 Å². The highest BCUT2D eigenvalue weighted by molar-refractivity contribution is 5.87. The van der Waals surface area contributed by atoms with Gasteiger partial charge in [-0.3, -0.25) is 9.78 Å². The molecule has 0 saturated carbocycles. The van der Waals surface area contributed by atoms with Gasteiger partial charge in [0.05, 0.1) is 11.8 Å². The number of carboxylic acid groups (broad SMARTS) is 1. The second-order valence-corrected chi connectivity index (χ2v) is 3.04. The van der Waals surface area contributed by atoms with E-state index in [4.69, 9.17) is 9.84 Å². The van der Waals surface area contributed by atoms with Gasteiger partial charge in [-0.25, -0.2) is 9.78 Å². The van der Waals surface area contributed by atoms with E-state index < -0.39 is 11.5 Å². The van der Waals surface area contributed by atoms with Crippen molar-refractivity contribution >= 4 is 5.97 Å². The average molecular weight is 233 g/mol. The molecule has 0 spiro atoms. The lowest BCUT2D eigenvalue weighted by Crippen LogP contribution is -2.09. The van der Waals surface area contributed by atoms with Crippen molar-refractivity contribution in [2.75, 3.05) is 0 Å². The average Bonchev–Trinajstić information content (AvgIpc) is 2.32. The highest BCUT2D eigenvalue weighted by atomic mass is 16.5. The Balaban J connectivity index is 2.31. The first-order valence-corrected chi connectivity index (χ1v) is 4.57. The zero-order valence-corrected chi connectivity index (χ0v) is 8.45. The molecule has 0 saturated heterocycles. The summed E-state index contributed by atoms with van der Waals surface area (Å²) in [6.07, 6.45) is 5.19. The topological polar surface area (TPSA) is 105 Å². The fourth-order valence-electron chi connectivity index (χ4n) is 1.11. The number of hydrogen-bond acceptors (Lipinski definition) is 5. The van der Waals surface area contributed by atoms with Gasteiger partial charge in [0.1, 0.15) is 5.75 Å². The van der Waals surface area contributed by atoms with Crippen molar-refractivity contribution < 1.29 is 14.6 Å². The Hall–Kier alpha value is -2.70. The number of aromatic amines is 1. The number of rotatable bonds is 3. The number of carbonyl (C=O) groups is 1. The molecular formula is C10H7N3O4. The first-order chi connectivity index (χ1) is 8.16. The number of aromatic nitrogens is 3. The van der Waals surface area contributed by atoms with Crippen molar-refractivity contribution in [1.82, 2.24) is 15.0 Å². The van der Waals surface area contributed by atoms with Crippen LogP contribution in [0.4, 0.5) is 0 Å². The number of carboxylic acids is 1. The molecule has 7 heteroatoms. The van der Waals surface area contributed by atoms with Crippen molar-refractivity contribution in [2.45, 2.75) is 0 Å². The summed E-state index contributed by atoms with van der Waals surface area (Å²) in [5.41, 5.74) is -0.539. The third-order valence-electron chi connectivity index (χ3n) is 1.85. The fraction of sp³-hybridized carbons (Fsp3) is 0. The van der Waals surface area contributed by atoms with E-state index in [1.807, 2.05) is 0 Å². The predicted molar refractivity (Wildman–Crippen MR) is 56.1 cm³/mol. The minimum Gasteiger partial charge on any atom is -0.478 e. The monoisotopic (exact) mass is 233 g/mol. The Labute approximate surface area is 94.7 Å². The smallest absolute Gasteiger partial charge is 0.337 e. The Morgan fingerprint density at radius 1 is 1.41 bits per heavy atom. The summed E-state index contributed by atoms with van der Waals surface area (Å²) in [7, 11) is 0. The second kappa shape index (κ2) is 4.44. The molecule has 86 valence electrons. The van der Waals surface area contributed by atoms with Crippen molar-refractivity contribution in [3.8, 4) is 11.6 Å². The number of nitrogens with zero attached hydrogens (tertiary/aromatic N) is 2. The van der Waals surface area contributed by atoms with Crippen LogP contribution in [0.25, 0.3) is 0 Å². The van der Waals surface area contributed by atoms with Crippen LogP contribution in [0.3, 0.4) is 0 Å². The van der Waals surface area contributed by atoms with Crippen LogP contribution in [-0.2, 0) is 0 Å². The van der Waals surface area contributed by atoms with E-state index >= 15 is 0 Å². The van der Waals surface area contributed by atoms with Crippen LogP contribution in [0, 0.1) is 0 Å². The maximum atomic E-state index is 11.3. The summed E-state index contributed by atoms with van der Waals surface area (Å²) in [4.78, 5) is 31.7. The van der Waals surface area contributed by atoms with Crippen molar-refractivity contribution in [3.05, 3.63) is 46.8 Å². The van der Waals surface area contributed by atoms with Gasteiger partial charge in [0.2, 0.25) is 0 Å². The molecule has 0 amide bonds. The standard InChI is InChI=1S/C10H7N3O4/c14-8-9(13-2-1-12-8)17-7-3-6(10(15)16)4-11-5-7/h1-5H,(H,12,14)(H,15,16). The summed E-state index contributed by atoms with van der Waals surface area (Å²) in [6.45, 7) is 0. The Kier molecular flexibility index (Phi) is 2.82. The lowest BCUT2D eigenvalue weighted by Gasteiger charge is -2.03. The summed E-state index contributed by atoms with van der Waals surface area (Å²) in [6, 6.07) is 1.25. The summed E-state index contributed by atoms with van der Waals surface area (Å²) in [5, 5.41) is 8.75. The maximum absolute atomic E-state index is 11.3. The van der Waals surface area contributed by atoms with E-state index in [0.717, 1.165) is 0 Å². The van der Waals surface area contributed by atoms with Crippen LogP contribution in [0.5, 0.6) is 11.6 Å². The molecule has 0 aliphatic carbocycles. The van der Waals surface area contributed by atoms with E-state index in [2.05, 4.69) is 15.0 Å². The van der Waals surface area contributed by atoms with Crippen LogP contribution in [0.2, 0.25) is 0 Å². The van der Waals surface area contributed by atoms with Gasteiger partial charge < -0.3 is 14.8 Å². The van der Waals surface area contributed by atoms with E-state index in [1.54, 1.807) is 0 Å². The number of H-pyrrole nitrogens is 1. The molecule has 0 aliphatic rings. The normalized spacial score (nSPS) is 9.88. The zero-order chi connectivity index (χ0) is 12.3. The van der Waals surface area contributed by atoms with Crippen LogP contribution < -0.4 is 10.3 Å². The van der Waals surface area contributed by atoms with Gasteiger partial charge in [-0.1, -0.05) is 0 Å². The van der Waals surface area contributed by atoms with Gasteiger partial charge in [-0.05, 0) is 6.07 Å². The van der Waals surface area contributed by atoms with Crippen molar-refractivity contribution in [2.24, 2.45) is 0 Å². The fourth-order valence-corrected chi connectivity index (χ4v) is 1.11. The summed E-state index contributed by atoms with van der Waals surface area (Å²) >= 11 is 0. The molecule has 7 nitrogen and oxygen atoms in total. The molecule has 0 aromatic carbocycles. The second-order valence-electron chi connectivity index (χ2n) is 3.04. The first kappa shape index (κ1) is 10.8. The molecule has 0 bridgehead atoms. The van der Waals surface area contributed by atoms with Gasteiger partial charge in [0, 0.05) is 18.6 Å². The Morgan fingerprint density at radius 3 is 2.94 bits per heavy atom. The summed E-state index contributed by atoms with van der Waals surface area (Å²) < 4.78 is 5.12. The highest BCUT2D eigenvalue weighted by Crippen LogP contribution is 2.15. The SMILES string of the molecule is O=C(O)c1cncc(Oc2ncc[nH]c2=O)c1. The molecule has 2 heterocycles. The Morgan fingerprint density at radius 2 is 2.24 bits per heavy atom. The number of ether oxygens (including phenoxy) is 1. The number of pyridine rings is 1. The largest absolute Gasteiger partial charge is 0.478 e. The maximum Gasteiger partial charge on any atom is 0.337 e. The number of aromatic carboxylic acids is 1. The molecule has 0 radical (unpaired) electrons. The van der Waals surface area contributed by atoms with Gasteiger partial charge >= 0.3 is 11.5 Å². The van der Waals surface area contributed by atoms with Gasteiger partial charge in [-0.2, -0.15) is 0 Å². The van der Waals surface area contributed by atoms with Crippen LogP contribution in [0.15, 0.2) is 35.6 Å². The van der Waals surface area contributed by atoms with Crippen LogP contribution >= 0.6 is 0 Å². The van der Waals surface area contributed by atoms with Crippen LogP contribution in [-0.4, -0.2) is 26.0 Å². The minimum atomic E-state index is -1.13. The molecule has 2 N–H and O–H groups in total. The van der Waals surface area contributed by atoms with Crippen molar-refractivity contribution in [1.29, 1.82) is 0 Å². The third kappa shape index (κ3) is 2.46. The van der Waals surface area contributed by atoms with E-state index in [9.17, 15) is 9.59 Å². The van der Waals surface area contributed by atoms with E-state index in [0.29, 0.717) is 0 Å². The summed E-state index contributed by atoms with van der Waals surface area (Å²) in [5.74, 6) is -1.16. The molecule has 0 atom stereocenters. The molecule has 2 aromatic rings. The molecule has 2 aromatic heterocycles. The highest BCUT2D eigenvalue weighted by Gasteiger charge is 2.07.